The summed E-state index contributed by atoms with van der Waals surface area (Å²) in [5.41, 5.74) is 0.485. The van der Waals surface area contributed by atoms with Gasteiger partial charge in [-0.15, -0.1) is 0 Å². The van der Waals surface area contributed by atoms with E-state index < -0.39 is 0 Å². The lowest BCUT2D eigenvalue weighted by Crippen LogP contribution is -1.83. The molecule has 1 unspecified atom stereocenters. The van der Waals surface area contributed by atoms with E-state index in [0.29, 0.717) is 0 Å². The Labute approximate surface area is 101 Å². The Kier molecular flexibility index (Phi) is 5.74. The Morgan fingerprint density at radius 1 is 1.27 bits per heavy atom. The summed E-state index contributed by atoms with van der Waals surface area (Å²) >= 11 is 11.3. The Bertz CT molecular complexity index is 448. The minimum Gasteiger partial charge on any atom is -0.309 e. The van der Waals surface area contributed by atoms with Gasteiger partial charge in [0.1, 0.15) is 12.1 Å². The molecule has 0 aliphatic heterocycles. The molecule has 1 atom stereocenters. The Morgan fingerprint density at radius 2 is 1.53 bits per heavy atom. The molecule has 76 valence electrons. The summed E-state index contributed by atoms with van der Waals surface area (Å²) in [6.45, 7) is 0. The molecule has 0 aliphatic rings. The molecule has 0 amide bonds. The van der Waals surface area contributed by atoms with Gasteiger partial charge in [0.25, 0.3) is 0 Å². The zero-order valence-corrected chi connectivity index (χ0v) is 10.0. The van der Waals surface area contributed by atoms with Gasteiger partial charge in [0.2, 0.25) is 0 Å². The fourth-order valence-corrected chi connectivity index (χ4v) is 1.06. The van der Waals surface area contributed by atoms with Crippen LogP contribution in [0.1, 0.15) is 12.5 Å². The quantitative estimate of drug-likeness (QED) is 0.574. The number of nitrogens with zero attached hydrogens (tertiary/aromatic N) is 2. The van der Waals surface area contributed by atoms with Crippen LogP contribution in [0.5, 0.6) is 0 Å². The van der Waals surface area contributed by atoms with Crippen molar-refractivity contribution >= 4 is 38.4 Å². The predicted molar refractivity (Wildman–Crippen MR) is 64.4 cm³/mol. The molecule has 1 N–H and O–H groups in total. The van der Waals surface area contributed by atoms with Gasteiger partial charge in [-0.2, -0.15) is 10.5 Å². The van der Waals surface area contributed by atoms with Gasteiger partial charge in [0, 0.05) is 5.93 Å². The molecule has 0 saturated heterocycles. The van der Waals surface area contributed by atoms with Crippen LogP contribution in [0, 0.1) is 28.1 Å². The highest BCUT2D eigenvalue weighted by molar-refractivity contribution is 7.36. The van der Waals surface area contributed by atoms with Crippen molar-refractivity contribution in [3.63, 3.8) is 0 Å². The molecule has 15 heavy (non-hydrogen) atoms. The van der Waals surface area contributed by atoms with Crippen LogP contribution >= 0.6 is 32.4 Å². The van der Waals surface area contributed by atoms with Gasteiger partial charge in [0.05, 0.1) is 22.5 Å². The van der Waals surface area contributed by atoms with Crippen molar-refractivity contribution in [2.75, 3.05) is 0 Å². The Hall–Kier alpha value is -1.12. The van der Waals surface area contributed by atoms with E-state index in [1.807, 2.05) is 21.4 Å². The van der Waals surface area contributed by atoms with E-state index in [9.17, 15) is 0 Å². The largest absolute Gasteiger partial charge is 0.309 e. The third kappa shape index (κ3) is 4.28. The lowest BCUT2D eigenvalue weighted by molar-refractivity contribution is 1.43. The summed E-state index contributed by atoms with van der Waals surface area (Å²) in [5, 5.41) is 23.8. The van der Waals surface area contributed by atoms with Gasteiger partial charge in [-0.25, -0.2) is 0 Å². The maximum absolute atomic E-state index is 8.56. The van der Waals surface area contributed by atoms with Gasteiger partial charge in [-0.05, 0) is 12.1 Å². The van der Waals surface area contributed by atoms with Crippen molar-refractivity contribution in [3.05, 3.63) is 33.3 Å². The number of hydrogen-bond acceptors (Lipinski definition) is 3. The summed E-state index contributed by atoms with van der Waals surface area (Å²) in [4.78, 5) is 0. The van der Waals surface area contributed by atoms with Crippen molar-refractivity contribution in [1.29, 1.82) is 15.9 Å². The fraction of sp³-hybridized carbons (Fsp3) is 0. The van der Waals surface area contributed by atoms with E-state index in [4.69, 9.17) is 40.5 Å². The standard InChI is InChI=1S/C8H2Cl2N2.CH4NP/c9-7-1-5(3-11)6(4-12)2-8(7)10;2-1-3/h1-2H;1-2H,3H2/i;1D. The predicted octanol–water partition coefficient (Wildman–Crippen LogP) is 3.21. The zero-order valence-electron chi connectivity index (χ0n) is 8.38. The second kappa shape index (κ2) is 7.21. The van der Waals surface area contributed by atoms with E-state index in [0.717, 1.165) is 0 Å². The summed E-state index contributed by atoms with van der Waals surface area (Å²) in [6, 6.07) is 6.45. The Balaban J connectivity index is 0.000000487. The molecule has 0 aliphatic carbocycles. The number of halogens is 2. The average Bonchev–Trinajstić information content (AvgIpc) is 2.20. The maximum Gasteiger partial charge on any atom is 0.101 e. The van der Waals surface area contributed by atoms with Crippen molar-refractivity contribution in [1.82, 2.24) is 0 Å². The molecule has 6 heteroatoms. The first kappa shape index (κ1) is 12.0. The first-order chi connectivity index (χ1) is 7.42. The van der Waals surface area contributed by atoms with Gasteiger partial charge < -0.3 is 5.41 Å². The monoisotopic (exact) mass is 258 g/mol. The number of rotatable bonds is 0. The minimum absolute atomic E-state index is 0.167. The van der Waals surface area contributed by atoms with Gasteiger partial charge >= 0.3 is 0 Å². The third-order valence-electron chi connectivity index (χ3n) is 1.30. The maximum atomic E-state index is 8.56. The lowest BCUT2D eigenvalue weighted by atomic mass is 10.1. The number of hydrogen-bond donors (Lipinski definition) is 1. The highest BCUT2D eigenvalue weighted by Crippen LogP contribution is 2.24. The lowest BCUT2D eigenvalue weighted by Gasteiger charge is -1.97. The number of nitriles is 2. The molecular formula is C9H6Cl2N3P. The molecule has 0 radical (unpaired) electrons. The molecule has 0 bridgehead atoms. The van der Waals surface area contributed by atoms with E-state index in [1.54, 1.807) is 0 Å². The summed E-state index contributed by atoms with van der Waals surface area (Å²) in [5.74, 6) is -0.167. The van der Waals surface area contributed by atoms with Gasteiger partial charge in [-0.1, -0.05) is 32.4 Å². The molecular weight excluding hydrogens is 252 g/mol. The van der Waals surface area contributed by atoms with Gasteiger partial charge in [0.15, 0.2) is 0 Å². The molecule has 3 nitrogen and oxygen atoms in total. The van der Waals surface area contributed by atoms with Crippen LogP contribution < -0.4 is 0 Å². The summed E-state index contributed by atoms with van der Waals surface area (Å²) in [7, 11) is 1.91. The van der Waals surface area contributed by atoms with Crippen molar-refractivity contribution < 1.29 is 1.37 Å². The van der Waals surface area contributed by atoms with Gasteiger partial charge in [-0.3, -0.25) is 0 Å². The molecule has 0 aromatic heterocycles. The van der Waals surface area contributed by atoms with Crippen LogP contribution in [0.3, 0.4) is 0 Å². The highest BCUT2D eigenvalue weighted by Gasteiger charge is 2.05. The van der Waals surface area contributed by atoms with Crippen LogP contribution in [0.4, 0.5) is 0 Å². The van der Waals surface area contributed by atoms with Crippen molar-refractivity contribution in [2.45, 2.75) is 0 Å². The highest BCUT2D eigenvalue weighted by atomic mass is 35.5. The van der Waals surface area contributed by atoms with Crippen molar-refractivity contribution in [2.24, 2.45) is 0 Å². The topological polar surface area (TPSA) is 71.4 Å². The van der Waals surface area contributed by atoms with Crippen LogP contribution in [0.2, 0.25) is 10.0 Å². The second-order valence-electron chi connectivity index (χ2n) is 2.18. The molecule has 0 fully saturated rings. The SMILES string of the molecule is N#Cc1cc(Cl)c(Cl)cc1C#N.[2H]C(=N)P. The Morgan fingerprint density at radius 3 is 1.73 bits per heavy atom. The van der Waals surface area contributed by atoms with E-state index in [2.05, 4.69) is 0 Å². The number of nitrogens with one attached hydrogen (secondary N) is 1. The van der Waals surface area contributed by atoms with E-state index in [-0.39, 0.29) is 27.1 Å². The number of benzene rings is 1. The smallest absolute Gasteiger partial charge is 0.101 e. The molecule has 1 aromatic rings. The van der Waals surface area contributed by atoms with Crippen LogP contribution in [-0.4, -0.2) is 5.93 Å². The third-order valence-corrected chi connectivity index (χ3v) is 2.02. The molecule has 1 aromatic carbocycles. The van der Waals surface area contributed by atoms with Crippen LogP contribution in [0.25, 0.3) is 0 Å². The van der Waals surface area contributed by atoms with Crippen LogP contribution in [-0.2, 0) is 0 Å². The second-order valence-corrected chi connectivity index (χ2v) is 3.28. The van der Waals surface area contributed by atoms with Crippen molar-refractivity contribution in [3.8, 4) is 12.1 Å². The molecule has 1 rings (SSSR count). The first-order valence-electron chi connectivity index (χ1n) is 4.02. The summed E-state index contributed by atoms with van der Waals surface area (Å²) < 4.78 is 6.13. The minimum atomic E-state index is -0.167. The first-order valence-corrected chi connectivity index (χ1v) is 4.85. The molecule has 0 saturated carbocycles. The van der Waals surface area contributed by atoms with Crippen LogP contribution in [0.15, 0.2) is 12.1 Å². The molecule has 0 spiro atoms. The van der Waals surface area contributed by atoms with E-state index >= 15 is 0 Å². The fourth-order valence-electron chi connectivity index (χ4n) is 0.732. The zero-order chi connectivity index (χ0) is 12.7. The molecule has 0 heterocycles. The average molecular weight is 259 g/mol. The summed E-state index contributed by atoms with van der Waals surface area (Å²) in [6.07, 6.45) is 0. The van der Waals surface area contributed by atoms with E-state index in [1.165, 1.54) is 12.1 Å². The normalized spacial score (nSPS) is 8.73.